The topological polar surface area (TPSA) is 67.2 Å². The molecule has 1 N–H and O–H groups in total. The van der Waals surface area contributed by atoms with Crippen molar-refractivity contribution in [2.24, 2.45) is 5.92 Å². The molecule has 2 aromatic carbocycles. The molecule has 2 amide bonds. The van der Waals surface area contributed by atoms with E-state index in [0.29, 0.717) is 36.6 Å². The van der Waals surface area contributed by atoms with E-state index in [4.69, 9.17) is 0 Å². The van der Waals surface area contributed by atoms with Gasteiger partial charge in [0.05, 0.1) is 17.2 Å². The van der Waals surface area contributed by atoms with Crippen LogP contribution in [0.5, 0.6) is 0 Å². The van der Waals surface area contributed by atoms with Crippen molar-refractivity contribution in [3.05, 3.63) is 71.7 Å². The van der Waals surface area contributed by atoms with Crippen molar-refractivity contribution in [3.8, 4) is 16.9 Å². The second kappa shape index (κ2) is 9.98. The third-order valence-corrected chi connectivity index (χ3v) is 5.99. The Labute approximate surface area is 193 Å². The number of piperidine rings is 1. The lowest BCUT2D eigenvalue weighted by Gasteiger charge is -2.32. The lowest BCUT2D eigenvalue weighted by atomic mass is 9.96. The number of hydrogen-bond donors (Lipinski definition) is 1. The fourth-order valence-corrected chi connectivity index (χ4v) is 4.12. The van der Waals surface area contributed by atoms with Crippen molar-refractivity contribution in [1.29, 1.82) is 0 Å². The molecular formula is C26H29FN4O2. The number of amides is 2. The highest BCUT2D eigenvalue weighted by atomic mass is 19.1. The van der Waals surface area contributed by atoms with Crippen LogP contribution in [0.3, 0.4) is 0 Å². The number of halogens is 1. The van der Waals surface area contributed by atoms with Gasteiger partial charge in [-0.05, 0) is 50.5 Å². The van der Waals surface area contributed by atoms with Crippen LogP contribution < -0.4 is 5.32 Å². The SMILES string of the molecule is CCCNC(=O)C1CCCN(C(=O)c2cn(-c3ccc(F)cc3)nc2-c2ccc(C)cc2)C1. The molecule has 1 aromatic heterocycles. The number of carbonyl (C=O) groups excluding carboxylic acids is 2. The number of likely N-dealkylation sites (tertiary alicyclic amines) is 1. The number of aryl methyl sites for hydroxylation is 1. The lowest BCUT2D eigenvalue weighted by molar-refractivity contribution is -0.126. The zero-order valence-corrected chi connectivity index (χ0v) is 19.1. The van der Waals surface area contributed by atoms with E-state index in [1.54, 1.807) is 27.9 Å². The van der Waals surface area contributed by atoms with E-state index >= 15 is 0 Å². The summed E-state index contributed by atoms with van der Waals surface area (Å²) in [7, 11) is 0. The summed E-state index contributed by atoms with van der Waals surface area (Å²) in [6, 6.07) is 13.9. The van der Waals surface area contributed by atoms with Gasteiger partial charge in [-0.15, -0.1) is 0 Å². The van der Waals surface area contributed by atoms with Gasteiger partial charge in [-0.1, -0.05) is 36.8 Å². The molecule has 1 unspecified atom stereocenters. The molecule has 1 atom stereocenters. The van der Waals surface area contributed by atoms with Gasteiger partial charge in [-0.25, -0.2) is 9.07 Å². The van der Waals surface area contributed by atoms with Gasteiger partial charge in [-0.3, -0.25) is 9.59 Å². The van der Waals surface area contributed by atoms with E-state index in [-0.39, 0.29) is 23.5 Å². The van der Waals surface area contributed by atoms with Gasteiger partial charge in [0.25, 0.3) is 5.91 Å². The first kappa shape index (κ1) is 22.7. The summed E-state index contributed by atoms with van der Waals surface area (Å²) in [5, 5.41) is 7.64. The molecule has 1 saturated heterocycles. The zero-order valence-electron chi connectivity index (χ0n) is 19.1. The quantitative estimate of drug-likeness (QED) is 0.609. The third-order valence-electron chi connectivity index (χ3n) is 5.99. The number of nitrogens with one attached hydrogen (secondary N) is 1. The fraction of sp³-hybridized carbons (Fsp3) is 0.346. The number of rotatable bonds is 6. The molecule has 33 heavy (non-hydrogen) atoms. The van der Waals surface area contributed by atoms with E-state index in [9.17, 15) is 14.0 Å². The van der Waals surface area contributed by atoms with Gasteiger partial charge in [0.1, 0.15) is 11.5 Å². The largest absolute Gasteiger partial charge is 0.356 e. The molecular weight excluding hydrogens is 419 g/mol. The Bertz CT molecular complexity index is 1120. The van der Waals surface area contributed by atoms with E-state index in [1.165, 1.54) is 12.1 Å². The zero-order chi connectivity index (χ0) is 23.4. The minimum atomic E-state index is -0.332. The maximum Gasteiger partial charge on any atom is 0.257 e. The molecule has 1 aliphatic rings. The molecule has 1 fully saturated rings. The number of hydrogen-bond acceptors (Lipinski definition) is 3. The third kappa shape index (κ3) is 5.13. The molecule has 0 aliphatic carbocycles. The number of benzene rings is 2. The summed E-state index contributed by atoms with van der Waals surface area (Å²) in [5.41, 5.74) is 3.65. The van der Waals surface area contributed by atoms with Crippen molar-refractivity contribution in [3.63, 3.8) is 0 Å². The van der Waals surface area contributed by atoms with Crippen LogP contribution in [0.4, 0.5) is 4.39 Å². The standard InChI is InChI=1S/C26H29FN4O2/c1-3-14-28-25(32)20-5-4-15-30(16-20)26(33)23-17-31(22-12-10-21(27)11-13-22)29-24(23)19-8-6-18(2)7-9-19/h6-13,17,20H,3-5,14-16H2,1-2H3,(H,28,32). The molecule has 0 spiro atoms. The minimum absolute atomic E-state index is 0.00937. The average molecular weight is 449 g/mol. The van der Waals surface area contributed by atoms with Crippen LogP contribution in [0.2, 0.25) is 0 Å². The van der Waals surface area contributed by atoms with Gasteiger partial charge in [0.2, 0.25) is 5.91 Å². The van der Waals surface area contributed by atoms with Crippen molar-refractivity contribution < 1.29 is 14.0 Å². The maximum atomic E-state index is 13.6. The molecule has 4 rings (SSSR count). The summed E-state index contributed by atoms with van der Waals surface area (Å²) in [6.45, 7) is 5.66. The summed E-state index contributed by atoms with van der Waals surface area (Å²) in [4.78, 5) is 27.9. The van der Waals surface area contributed by atoms with Crippen LogP contribution >= 0.6 is 0 Å². The average Bonchev–Trinajstić information content (AvgIpc) is 3.28. The lowest BCUT2D eigenvalue weighted by Crippen LogP contribution is -2.45. The number of nitrogens with zero attached hydrogens (tertiary/aromatic N) is 3. The molecule has 172 valence electrons. The Morgan fingerprint density at radius 1 is 1.12 bits per heavy atom. The van der Waals surface area contributed by atoms with E-state index in [2.05, 4.69) is 10.4 Å². The highest BCUT2D eigenvalue weighted by Gasteiger charge is 2.31. The van der Waals surface area contributed by atoms with Gasteiger partial charge >= 0.3 is 0 Å². The van der Waals surface area contributed by atoms with Crippen LogP contribution in [0.15, 0.2) is 54.7 Å². The highest BCUT2D eigenvalue weighted by Crippen LogP contribution is 2.27. The van der Waals surface area contributed by atoms with Crippen molar-refractivity contribution in [1.82, 2.24) is 20.0 Å². The first-order valence-electron chi connectivity index (χ1n) is 11.5. The van der Waals surface area contributed by atoms with Crippen LogP contribution in [-0.2, 0) is 4.79 Å². The summed E-state index contributed by atoms with van der Waals surface area (Å²) in [6.07, 6.45) is 4.13. The predicted octanol–water partition coefficient (Wildman–Crippen LogP) is 4.37. The van der Waals surface area contributed by atoms with Crippen molar-refractivity contribution in [2.75, 3.05) is 19.6 Å². The second-order valence-electron chi connectivity index (χ2n) is 8.56. The molecule has 7 heteroatoms. The Morgan fingerprint density at radius 3 is 2.55 bits per heavy atom. The normalized spacial score (nSPS) is 16.0. The van der Waals surface area contributed by atoms with Crippen LogP contribution in [-0.4, -0.2) is 46.1 Å². The van der Waals surface area contributed by atoms with Gasteiger partial charge in [-0.2, -0.15) is 5.10 Å². The van der Waals surface area contributed by atoms with Gasteiger partial charge < -0.3 is 10.2 Å². The van der Waals surface area contributed by atoms with Crippen LogP contribution in [0.25, 0.3) is 16.9 Å². The maximum absolute atomic E-state index is 13.6. The Morgan fingerprint density at radius 2 is 1.85 bits per heavy atom. The number of aromatic nitrogens is 2. The summed E-state index contributed by atoms with van der Waals surface area (Å²) >= 11 is 0. The molecule has 0 saturated carbocycles. The van der Waals surface area contributed by atoms with Gasteiger partial charge in [0, 0.05) is 31.4 Å². The second-order valence-corrected chi connectivity index (χ2v) is 8.56. The van der Waals surface area contributed by atoms with E-state index < -0.39 is 0 Å². The monoisotopic (exact) mass is 448 g/mol. The summed E-state index contributed by atoms with van der Waals surface area (Å²) in [5.74, 6) is -0.673. The van der Waals surface area contributed by atoms with Crippen LogP contribution in [0, 0.1) is 18.7 Å². The van der Waals surface area contributed by atoms with Crippen molar-refractivity contribution >= 4 is 11.8 Å². The van der Waals surface area contributed by atoms with Gasteiger partial charge in [0.15, 0.2) is 0 Å². The predicted molar refractivity (Wildman–Crippen MR) is 126 cm³/mol. The minimum Gasteiger partial charge on any atom is -0.356 e. The Balaban J connectivity index is 1.66. The Kier molecular flexibility index (Phi) is 6.87. The fourth-order valence-electron chi connectivity index (χ4n) is 4.12. The van der Waals surface area contributed by atoms with Crippen LogP contribution in [0.1, 0.15) is 42.1 Å². The Hall–Kier alpha value is -3.48. The highest BCUT2D eigenvalue weighted by molar-refractivity contribution is 6.00. The van der Waals surface area contributed by atoms with Crippen molar-refractivity contribution in [2.45, 2.75) is 33.1 Å². The molecule has 3 aromatic rings. The molecule has 0 radical (unpaired) electrons. The first-order valence-corrected chi connectivity index (χ1v) is 11.5. The molecule has 1 aliphatic heterocycles. The molecule has 6 nitrogen and oxygen atoms in total. The molecule has 2 heterocycles. The number of carbonyl (C=O) groups is 2. The molecule has 0 bridgehead atoms. The van der Waals surface area contributed by atoms with E-state index in [0.717, 1.165) is 30.4 Å². The van der Waals surface area contributed by atoms with E-state index in [1.807, 2.05) is 38.1 Å². The smallest absolute Gasteiger partial charge is 0.257 e. The first-order chi connectivity index (χ1) is 16.0. The summed E-state index contributed by atoms with van der Waals surface area (Å²) < 4.78 is 15.0.